The lowest BCUT2D eigenvalue weighted by atomic mass is 9.90. The first kappa shape index (κ1) is 15.3. The predicted octanol–water partition coefficient (Wildman–Crippen LogP) is 3.33. The summed E-state index contributed by atoms with van der Waals surface area (Å²) < 4.78 is 51.3. The van der Waals surface area contributed by atoms with Crippen LogP contribution in [0.2, 0.25) is 0 Å². The molecule has 1 aliphatic rings. The minimum Gasteiger partial charge on any atom is -0.380 e. The Labute approximate surface area is 127 Å². The van der Waals surface area contributed by atoms with Crippen molar-refractivity contribution in [2.24, 2.45) is 0 Å². The van der Waals surface area contributed by atoms with Crippen molar-refractivity contribution in [2.45, 2.75) is 31.2 Å². The van der Waals surface area contributed by atoms with Gasteiger partial charge in [-0.15, -0.1) is 0 Å². The van der Waals surface area contributed by atoms with Gasteiger partial charge in [0, 0.05) is 11.4 Å². The van der Waals surface area contributed by atoms with Crippen molar-refractivity contribution in [1.29, 1.82) is 5.26 Å². The number of aromatic amines is 1. The highest BCUT2D eigenvalue weighted by Crippen LogP contribution is 2.34. The highest BCUT2D eigenvalue weighted by atomic mass is 19.4. The fourth-order valence-electron chi connectivity index (χ4n) is 2.60. The highest BCUT2D eigenvalue weighted by molar-refractivity contribution is 5.94. The second-order valence-corrected chi connectivity index (χ2v) is 5.48. The van der Waals surface area contributed by atoms with Crippen LogP contribution in [0.1, 0.15) is 24.0 Å². The summed E-state index contributed by atoms with van der Waals surface area (Å²) in [5.41, 5.74) is -1.78. The van der Waals surface area contributed by atoms with Crippen molar-refractivity contribution in [1.82, 2.24) is 4.98 Å². The third kappa shape index (κ3) is 2.74. The molecule has 1 saturated carbocycles. The highest BCUT2D eigenvalue weighted by Gasteiger charge is 2.32. The van der Waals surface area contributed by atoms with E-state index >= 15 is 0 Å². The summed E-state index contributed by atoms with van der Waals surface area (Å²) in [6.07, 6.45) is -5.01. The van der Waals surface area contributed by atoms with Crippen LogP contribution in [-0.4, -0.2) is 17.2 Å². The summed E-state index contributed by atoms with van der Waals surface area (Å²) in [5, 5.41) is 12.3. The van der Waals surface area contributed by atoms with Crippen molar-refractivity contribution in [2.75, 3.05) is 5.32 Å². The smallest absolute Gasteiger partial charge is 0.380 e. The van der Waals surface area contributed by atoms with Crippen LogP contribution >= 0.6 is 0 Å². The lowest BCUT2D eigenvalue weighted by Crippen LogP contribution is -2.37. The van der Waals surface area contributed by atoms with Crippen LogP contribution in [0.15, 0.2) is 23.0 Å². The maximum atomic E-state index is 12.9. The average molecular weight is 325 g/mol. The number of anilines is 1. The van der Waals surface area contributed by atoms with Gasteiger partial charge in [0.05, 0.1) is 16.8 Å². The number of rotatable bonds is 2. The van der Waals surface area contributed by atoms with Gasteiger partial charge in [-0.2, -0.15) is 18.4 Å². The molecule has 1 aliphatic carbocycles. The molecule has 2 N–H and O–H groups in total. The zero-order valence-corrected chi connectivity index (χ0v) is 11.7. The molecule has 23 heavy (non-hydrogen) atoms. The van der Waals surface area contributed by atoms with Crippen LogP contribution in [0.3, 0.4) is 0 Å². The summed E-state index contributed by atoms with van der Waals surface area (Å²) in [4.78, 5) is 14.2. The summed E-state index contributed by atoms with van der Waals surface area (Å²) >= 11 is 0. The fraction of sp³-hybridized carbons (Fsp3) is 0.333. The molecule has 0 amide bonds. The molecular weight excluding hydrogens is 314 g/mol. The van der Waals surface area contributed by atoms with Gasteiger partial charge in [0.25, 0.3) is 5.56 Å². The molecule has 0 atom stereocenters. The number of pyridine rings is 1. The number of halogens is 4. The second kappa shape index (κ2) is 5.26. The van der Waals surface area contributed by atoms with Gasteiger partial charge in [-0.3, -0.25) is 4.79 Å². The van der Waals surface area contributed by atoms with Crippen molar-refractivity contribution in [3.05, 3.63) is 39.7 Å². The number of hydrogen-bond donors (Lipinski definition) is 2. The maximum Gasteiger partial charge on any atom is 0.416 e. The van der Waals surface area contributed by atoms with Gasteiger partial charge < -0.3 is 10.3 Å². The molecule has 8 heteroatoms. The number of H-pyrrole nitrogens is 1. The largest absolute Gasteiger partial charge is 0.416 e. The lowest BCUT2D eigenvalue weighted by Gasteiger charge is -2.31. The van der Waals surface area contributed by atoms with Gasteiger partial charge in [0.1, 0.15) is 17.8 Å². The van der Waals surface area contributed by atoms with Gasteiger partial charge in [0.15, 0.2) is 0 Å². The molecular formula is C15H11F4N3O. The Morgan fingerprint density at radius 3 is 2.57 bits per heavy atom. The van der Waals surface area contributed by atoms with Gasteiger partial charge in [-0.05, 0) is 25.0 Å². The van der Waals surface area contributed by atoms with E-state index in [4.69, 9.17) is 5.26 Å². The lowest BCUT2D eigenvalue weighted by molar-refractivity contribution is -0.137. The topological polar surface area (TPSA) is 68.7 Å². The normalized spacial score (nSPS) is 20.8. The minimum absolute atomic E-state index is 0.0255. The molecule has 0 bridgehead atoms. The molecule has 1 heterocycles. The Morgan fingerprint density at radius 1 is 1.30 bits per heavy atom. The van der Waals surface area contributed by atoms with Gasteiger partial charge in [-0.1, -0.05) is 6.07 Å². The van der Waals surface area contributed by atoms with E-state index in [1.54, 1.807) is 6.07 Å². The van der Waals surface area contributed by atoms with E-state index in [-0.39, 0.29) is 41.0 Å². The maximum absolute atomic E-state index is 12.9. The number of fused-ring (bicyclic) bond motifs is 1. The van der Waals surface area contributed by atoms with Crippen LogP contribution in [-0.2, 0) is 6.18 Å². The monoisotopic (exact) mass is 325 g/mol. The van der Waals surface area contributed by atoms with E-state index < -0.39 is 23.5 Å². The van der Waals surface area contributed by atoms with Crippen molar-refractivity contribution < 1.29 is 17.6 Å². The van der Waals surface area contributed by atoms with E-state index in [1.807, 2.05) is 0 Å². The molecule has 1 aromatic heterocycles. The molecule has 0 saturated heterocycles. The summed E-state index contributed by atoms with van der Waals surface area (Å²) in [6, 6.07) is 4.40. The number of nitrogens with zero attached hydrogens (tertiary/aromatic N) is 1. The summed E-state index contributed by atoms with van der Waals surface area (Å²) in [6.45, 7) is 0. The van der Waals surface area contributed by atoms with E-state index in [1.165, 1.54) is 6.07 Å². The Bertz CT molecular complexity index is 860. The third-order valence-corrected chi connectivity index (χ3v) is 3.88. The van der Waals surface area contributed by atoms with Gasteiger partial charge >= 0.3 is 6.18 Å². The van der Waals surface area contributed by atoms with Gasteiger partial charge in [0.2, 0.25) is 0 Å². The number of nitrogens with one attached hydrogen (secondary N) is 2. The molecule has 3 rings (SSSR count). The van der Waals surface area contributed by atoms with E-state index in [0.29, 0.717) is 0 Å². The second-order valence-electron chi connectivity index (χ2n) is 5.48. The Kier molecular flexibility index (Phi) is 3.51. The molecule has 1 fully saturated rings. The summed E-state index contributed by atoms with van der Waals surface area (Å²) in [5.74, 6) is 0. The first-order valence-corrected chi connectivity index (χ1v) is 6.87. The zero-order valence-electron chi connectivity index (χ0n) is 11.7. The first-order valence-electron chi connectivity index (χ1n) is 6.87. The average Bonchev–Trinajstić information content (AvgIpc) is 2.44. The van der Waals surface area contributed by atoms with Crippen LogP contribution in [0.4, 0.5) is 23.2 Å². The van der Waals surface area contributed by atoms with Gasteiger partial charge in [-0.25, -0.2) is 4.39 Å². The number of benzene rings is 1. The molecule has 1 aromatic carbocycles. The standard InChI is InChI=1S/C15H11F4N3O/c16-8-4-9(5-8)21-13-10-2-1-7(15(17,18)19)3-12(10)22-14(23)11(13)6-20/h1-3,8-9H,4-5H2,(H2,21,22,23). The number of aromatic nitrogens is 1. The third-order valence-electron chi connectivity index (χ3n) is 3.88. The first-order chi connectivity index (χ1) is 10.8. The fourth-order valence-corrected chi connectivity index (χ4v) is 2.60. The minimum atomic E-state index is -4.54. The number of alkyl halides is 4. The Balaban J connectivity index is 2.15. The molecule has 120 valence electrons. The molecule has 2 aromatic rings. The number of hydrogen-bond acceptors (Lipinski definition) is 3. The van der Waals surface area contributed by atoms with Crippen LogP contribution in [0.5, 0.6) is 0 Å². The van der Waals surface area contributed by atoms with Crippen LogP contribution < -0.4 is 10.9 Å². The van der Waals surface area contributed by atoms with Crippen molar-refractivity contribution >= 4 is 16.6 Å². The Hall–Kier alpha value is -2.56. The van der Waals surface area contributed by atoms with Crippen LogP contribution in [0.25, 0.3) is 10.9 Å². The van der Waals surface area contributed by atoms with Crippen molar-refractivity contribution in [3.63, 3.8) is 0 Å². The van der Waals surface area contributed by atoms with E-state index in [2.05, 4.69) is 10.3 Å². The SMILES string of the molecule is N#Cc1c(NC2CC(F)C2)c2ccc(C(F)(F)F)cc2[nH]c1=O. The zero-order chi connectivity index (χ0) is 16.8. The van der Waals surface area contributed by atoms with E-state index in [9.17, 15) is 22.4 Å². The van der Waals surface area contributed by atoms with Crippen molar-refractivity contribution in [3.8, 4) is 6.07 Å². The molecule has 0 aliphatic heterocycles. The molecule has 0 spiro atoms. The molecule has 0 radical (unpaired) electrons. The van der Waals surface area contributed by atoms with E-state index in [0.717, 1.165) is 12.1 Å². The van der Waals surface area contributed by atoms with Crippen LogP contribution in [0, 0.1) is 11.3 Å². The number of nitriles is 1. The Morgan fingerprint density at radius 2 is 2.00 bits per heavy atom. The quantitative estimate of drug-likeness (QED) is 0.832. The molecule has 0 unspecified atom stereocenters. The molecule has 4 nitrogen and oxygen atoms in total. The predicted molar refractivity (Wildman–Crippen MR) is 75.8 cm³/mol. The summed E-state index contributed by atoms with van der Waals surface area (Å²) in [7, 11) is 0.